The Morgan fingerprint density at radius 3 is 2.52 bits per heavy atom. The molecule has 6 nitrogen and oxygen atoms in total. The molecule has 1 N–H and O–H groups in total. The van der Waals surface area contributed by atoms with E-state index in [0.29, 0.717) is 18.8 Å². The van der Waals surface area contributed by atoms with E-state index >= 15 is 0 Å². The first-order valence-electron chi connectivity index (χ1n) is 7.38. The van der Waals surface area contributed by atoms with Crippen LogP contribution in [0.3, 0.4) is 0 Å². The molecule has 1 atom stereocenters. The molecule has 1 unspecified atom stereocenters. The van der Waals surface area contributed by atoms with Crippen molar-refractivity contribution in [2.45, 2.75) is 45.7 Å². The lowest BCUT2D eigenvalue weighted by molar-refractivity contribution is -0.138. The standard InChI is InChI=1S/C15H21N3O3/c1-3-7-17-10-11(5-6-13(17)19)16-12-9-14(20)18(8-4-2)15(12)21/h5-6,10,12,16H,3-4,7-9H2,1-2H3. The van der Waals surface area contributed by atoms with Gasteiger partial charge < -0.3 is 9.88 Å². The van der Waals surface area contributed by atoms with E-state index in [1.807, 2.05) is 13.8 Å². The smallest absolute Gasteiger partial charge is 0.252 e. The van der Waals surface area contributed by atoms with Crippen LogP contribution < -0.4 is 10.9 Å². The maximum absolute atomic E-state index is 12.2. The molecule has 0 spiro atoms. The van der Waals surface area contributed by atoms with Crippen molar-refractivity contribution in [1.82, 2.24) is 9.47 Å². The number of carbonyl (C=O) groups is 2. The topological polar surface area (TPSA) is 71.4 Å². The minimum atomic E-state index is -0.531. The average molecular weight is 291 g/mol. The summed E-state index contributed by atoms with van der Waals surface area (Å²) < 4.78 is 1.60. The number of nitrogens with zero attached hydrogens (tertiary/aromatic N) is 2. The Balaban J connectivity index is 2.12. The van der Waals surface area contributed by atoms with Crippen LogP contribution in [0.25, 0.3) is 0 Å². The molecule has 1 aromatic rings. The van der Waals surface area contributed by atoms with Crippen LogP contribution in [0.5, 0.6) is 0 Å². The average Bonchev–Trinajstić information content (AvgIpc) is 2.71. The number of likely N-dealkylation sites (tertiary alicyclic amines) is 1. The zero-order valence-electron chi connectivity index (χ0n) is 12.5. The van der Waals surface area contributed by atoms with Crippen LogP contribution in [0.4, 0.5) is 5.69 Å². The number of anilines is 1. The largest absolute Gasteiger partial charge is 0.372 e. The SMILES string of the molecule is CCCN1C(=O)CC(Nc2ccc(=O)n(CCC)c2)C1=O. The van der Waals surface area contributed by atoms with Crippen molar-refractivity contribution in [2.75, 3.05) is 11.9 Å². The molecule has 2 rings (SSSR count). The van der Waals surface area contributed by atoms with Gasteiger partial charge in [-0.3, -0.25) is 19.3 Å². The second kappa shape index (κ2) is 6.56. The van der Waals surface area contributed by atoms with Crippen LogP contribution in [0.2, 0.25) is 0 Å². The lowest BCUT2D eigenvalue weighted by Crippen LogP contribution is -2.35. The molecule has 1 aliphatic heterocycles. The van der Waals surface area contributed by atoms with Crippen LogP contribution >= 0.6 is 0 Å². The molecule has 1 aliphatic rings. The van der Waals surface area contributed by atoms with Gasteiger partial charge in [0.05, 0.1) is 12.1 Å². The van der Waals surface area contributed by atoms with Crippen molar-refractivity contribution in [2.24, 2.45) is 0 Å². The van der Waals surface area contributed by atoms with E-state index < -0.39 is 6.04 Å². The van der Waals surface area contributed by atoms with Crippen molar-refractivity contribution in [3.05, 3.63) is 28.7 Å². The van der Waals surface area contributed by atoms with Crippen LogP contribution in [0.1, 0.15) is 33.1 Å². The van der Waals surface area contributed by atoms with Gasteiger partial charge in [-0.1, -0.05) is 13.8 Å². The molecule has 2 amide bonds. The quantitative estimate of drug-likeness (QED) is 0.800. The maximum atomic E-state index is 12.2. The summed E-state index contributed by atoms with van der Waals surface area (Å²) >= 11 is 0. The van der Waals surface area contributed by atoms with E-state index in [4.69, 9.17) is 0 Å². The molecule has 0 bridgehead atoms. The van der Waals surface area contributed by atoms with E-state index in [1.165, 1.54) is 11.0 Å². The molecule has 114 valence electrons. The second-order valence-corrected chi connectivity index (χ2v) is 5.23. The number of amides is 2. The van der Waals surface area contributed by atoms with Gasteiger partial charge in [-0.15, -0.1) is 0 Å². The number of hydrogen-bond acceptors (Lipinski definition) is 4. The van der Waals surface area contributed by atoms with Crippen molar-refractivity contribution < 1.29 is 9.59 Å². The zero-order chi connectivity index (χ0) is 15.4. The lowest BCUT2D eigenvalue weighted by Gasteiger charge is -2.15. The Morgan fingerprint density at radius 2 is 1.86 bits per heavy atom. The summed E-state index contributed by atoms with van der Waals surface area (Å²) in [6, 6.07) is 2.59. The van der Waals surface area contributed by atoms with Crippen molar-refractivity contribution in [3.63, 3.8) is 0 Å². The van der Waals surface area contributed by atoms with Gasteiger partial charge in [-0.25, -0.2) is 0 Å². The third-order valence-electron chi connectivity index (χ3n) is 3.48. The number of carbonyl (C=O) groups excluding carboxylic acids is 2. The Bertz CT molecular complexity index is 594. The fraction of sp³-hybridized carbons (Fsp3) is 0.533. The normalized spacial score (nSPS) is 18.4. The summed E-state index contributed by atoms with van der Waals surface area (Å²) in [5.74, 6) is -0.323. The monoisotopic (exact) mass is 291 g/mol. The molecule has 1 aromatic heterocycles. The van der Waals surface area contributed by atoms with Crippen LogP contribution in [0, 0.1) is 0 Å². The first-order valence-corrected chi connectivity index (χ1v) is 7.38. The van der Waals surface area contributed by atoms with Crippen molar-refractivity contribution >= 4 is 17.5 Å². The number of rotatable bonds is 6. The van der Waals surface area contributed by atoms with Gasteiger partial charge in [0, 0.05) is 25.4 Å². The molecule has 21 heavy (non-hydrogen) atoms. The maximum Gasteiger partial charge on any atom is 0.252 e. The van der Waals surface area contributed by atoms with Gasteiger partial charge >= 0.3 is 0 Å². The number of aromatic nitrogens is 1. The molecule has 1 fully saturated rings. The van der Waals surface area contributed by atoms with E-state index in [1.54, 1.807) is 16.8 Å². The lowest BCUT2D eigenvalue weighted by atomic mass is 10.2. The van der Waals surface area contributed by atoms with Gasteiger partial charge in [-0.2, -0.15) is 0 Å². The highest BCUT2D eigenvalue weighted by atomic mass is 16.2. The van der Waals surface area contributed by atoms with Gasteiger partial charge in [0.25, 0.3) is 11.5 Å². The van der Waals surface area contributed by atoms with Crippen LogP contribution in [-0.4, -0.2) is 33.9 Å². The second-order valence-electron chi connectivity index (χ2n) is 5.23. The molecule has 0 radical (unpaired) electrons. The van der Waals surface area contributed by atoms with E-state index in [2.05, 4.69) is 5.32 Å². The predicted octanol–water partition coefficient (Wildman–Crippen LogP) is 1.21. The first kappa shape index (κ1) is 15.3. The number of nitrogens with one attached hydrogen (secondary N) is 1. The third kappa shape index (κ3) is 3.32. The molecule has 1 saturated heterocycles. The number of aryl methyl sites for hydroxylation is 1. The number of pyridine rings is 1. The van der Waals surface area contributed by atoms with Gasteiger partial charge in [0.15, 0.2) is 0 Å². The predicted molar refractivity (Wildman–Crippen MR) is 80.0 cm³/mol. The molecule has 2 heterocycles. The Labute approximate surface area is 123 Å². The summed E-state index contributed by atoms with van der Waals surface area (Å²) in [6.45, 7) is 5.02. The van der Waals surface area contributed by atoms with E-state index in [9.17, 15) is 14.4 Å². The zero-order valence-corrected chi connectivity index (χ0v) is 12.5. The Hall–Kier alpha value is -2.11. The summed E-state index contributed by atoms with van der Waals surface area (Å²) in [7, 11) is 0. The Kier molecular flexibility index (Phi) is 4.77. The fourth-order valence-electron chi connectivity index (χ4n) is 2.49. The van der Waals surface area contributed by atoms with E-state index in [0.717, 1.165) is 12.8 Å². The highest BCUT2D eigenvalue weighted by Gasteiger charge is 2.37. The number of imide groups is 1. The molecule has 0 aromatic carbocycles. The van der Waals surface area contributed by atoms with Gasteiger partial charge in [-0.05, 0) is 18.9 Å². The fourth-order valence-corrected chi connectivity index (χ4v) is 2.49. The van der Waals surface area contributed by atoms with Crippen molar-refractivity contribution in [1.29, 1.82) is 0 Å². The summed E-state index contributed by atoms with van der Waals surface area (Å²) in [5.41, 5.74) is 0.622. The third-order valence-corrected chi connectivity index (χ3v) is 3.48. The minimum absolute atomic E-state index is 0.0659. The Morgan fingerprint density at radius 1 is 1.14 bits per heavy atom. The first-order chi connectivity index (χ1) is 10.1. The minimum Gasteiger partial charge on any atom is -0.372 e. The summed E-state index contributed by atoms with van der Waals surface area (Å²) in [4.78, 5) is 36.9. The van der Waals surface area contributed by atoms with Crippen LogP contribution in [0.15, 0.2) is 23.1 Å². The van der Waals surface area contributed by atoms with E-state index in [-0.39, 0.29) is 23.8 Å². The molecular weight excluding hydrogens is 270 g/mol. The van der Waals surface area contributed by atoms with Crippen LogP contribution in [-0.2, 0) is 16.1 Å². The molecular formula is C15H21N3O3. The molecule has 0 aliphatic carbocycles. The summed E-state index contributed by atoms with van der Waals surface area (Å²) in [5, 5.41) is 3.06. The van der Waals surface area contributed by atoms with Gasteiger partial charge in [0.1, 0.15) is 6.04 Å². The highest BCUT2D eigenvalue weighted by molar-refractivity contribution is 6.06. The summed E-state index contributed by atoms with van der Waals surface area (Å²) in [6.07, 6.45) is 3.48. The van der Waals surface area contributed by atoms with Gasteiger partial charge in [0.2, 0.25) is 5.91 Å². The number of hydrogen-bond donors (Lipinski definition) is 1. The molecule has 6 heteroatoms. The van der Waals surface area contributed by atoms with Crippen molar-refractivity contribution in [3.8, 4) is 0 Å². The molecule has 0 saturated carbocycles. The highest BCUT2D eigenvalue weighted by Crippen LogP contribution is 2.18.